The Morgan fingerprint density at radius 1 is 1.11 bits per heavy atom. The first-order valence-corrected chi connectivity index (χ1v) is 10.2. The predicted molar refractivity (Wildman–Crippen MR) is 111 cm³/mol. The van der Waals surface area contributed by atoms with Gasteiger partial charge in [-0.05, 0) is 36.4 Å². The third-order valence-electron chi connectivity index (χ3n) is 4.18. The first-order chi connectivity index (χ1) is 13.2. The lowest BCUT2D eigenvalue weighted by Crippen LogP contribution is -2.19. The molecule has 0 unspecified atom stereocenters. The molecule has 0 radical (unpaired) electrons. The highest BCUT2D eigenvalue weighted by molar-refractivity contribution is 7.98. The van der Waals surface area contributed by atoms with E-state index in [9.17, 15) is 4.79 Å². The lowest BCUT2D eigenvalue weighted by Gasteiger charge is -2.07. The molecule has 4 aromatic rings. The number of thioether (sulfide) groups is 1. The van der Waals surface area contributed by atoms with Crippen LogP contribution in [0.4, 0.5) is 0 Å². The summed E-state index contributed by atoms with van der Waals surface area (Å²) in [6.45, 7) is 0. The molecule has 0 aliphatic heterocycles. The molecule has 0 bridgehead atoms. The number of benzene rings is 2. The van der Waals surface area contributed by atoms with Crippen LogP contribution in [0, 0.1) is 0 Å². The maximum atomic E-state index is 12.5. The predicted octanol–water partition coefficient (Wildman–Crippen LogP) is 4.36. The molecule has 0 N–H and O–H groups in total. The molecule has 0 aliphatic carbocycles. The normalized spacial score (nSPS) is 11.0. The number of methoxy groups -OCH3 is 1. The molecular weight excluding hydrogens is 378 g/mol. The molecule has 0 spiro atoms. The summed E-state index contributed by atoms with van der Waals surface area (Å²) in [6, 6.07) is 15.3. The number of aromatic nitrogens is 3. The highest BCUT2D eigenvalue weighted by Gasteiger charge is 2.10. The van der Waals surface area contributed by atoms with Gasteiger partial charge in [-0.3, -0.25) is 9.36 Å². The van der Waals surface area contributed by atoms with Crippen molar-refractivity contribution in [2.24, 2.45) is 7.05 Å². The van der Waals surface area contributed by atoms with E-state index in [1.165, 1.54) is 11.8 Å². The molecule has 2 heterocycles. The number of thiazole rings is 1. The van der Waals surface area contributed by atoms with Crippen LogP contribution in [0.3, 0.4) is 0 Å². The van der Waals surface area contributed by atoms with Gasteiger partial charge in [-0.2, -0.15) is 0 Å². The summed E-state index contributed by atoms with van der Waals surface area (Å²) < 4.78 is 6.79. The van der Waals surface area contributed by atoms with Crippen molar-refractivity contribution in [3.8, 4) is 16.3 Å². The number of nitrogens with zero attached hydrogens (tertiary/aromatic N) is 3. The first kappa shape index (κ1) is 17.8. The third-order valence-corrected chi connectivity index (χ3v) is 6.18. The van der Waals surface area contributed by atoms with Gasteiger partial charge in [-0.25, -0.2) is 9.97 Å². The number of hydrogen-bond acceptors (Lipinski definition) is 6. The van der Waals surface area contributed by atoms with Crippen LogP contribution in [-0.4, -0.2) is 21.6 Å². The van der Waals surface area contributed by atoms with Crippen molar-refractivity contribution in [3.63, 3.8) is 0 Å². The molecule has 0 saturated carbocycles. The Balaban J connectivity index is 1.54. The van der Waals surface area contributed by atoms with Crippen LogP contribution in [0.5, 0.6) is 5.75 Å². The zero-order valence-electron chi connectivity index (χ0n) is 14.9. The monoisotopic (exact) mass is 395 g/mol. The second-order valence-corrected chi connectivity index (χ2v) is 7.74. The molecule has 5 nitrogen and oxygen atoms in total. The molecule has 27 heavy (non-hydrogen) atoms. The zero-order chi connectivity index (χ0) is 18.8. The molecule has 7 heteroatoms. The summed E-state index contributed by atoms with van der Waals surface area (Å²) in [5.74, 6) is 1.49. The van der Waals surface area contributed by atoms with Gasteiger partial charge in [-0.1, -0.05) is 23.9 Å². The number of hydrogen-bond donors (Lipinski definition) is 0. The van der Waals surface area contributed by atoms with Crippen LogP contribution in [0.15, 0.2) is 63.9 Å². The molecule has 0 saturated heterocycles. The Labute approximate surface area is 164 Å². The van der Waals surface area contributed by atoms with E-state index in [0.717, 1.165) is 27.5 Å². The fourth-order valence-corrected chi connectivity index (χ4v) is 4.50. The van der Waals surface area contributed by atoms with Gasteiger partial charge in [0, 0.05) is 23.7 Å². The van der Waals surface area contributed by atoms with Crippen LogP contribution in [0.2, 0.25) is 0 Å². The highest BCUT2D eigenvalue weighted by Crippen LogP contribution is 2.28. The summed E-state index contributed by atoms with van der Waals surface area (Å²) in [4.78, 5) is 21.8. The van der Waals surface area contributed by atoms with Crippen LogP contribution in [0.1, 0.15) is 5.69 Å². The van der Waals surface area contributed by atoms with Crippen LogP contribution in [0.25, 0.3) is 21.5 Å². The van der Waals surface area contributed by atoms with Gasteiger partial charge in [0.25, 0.3) is 5.56 Å². The maximum Gasteiger partial charge on any atom is 0.261 e. The average molecular weight is 396 g/mol. The van der Waals surface area contributed by atoms with Gasteiger partial charge < -0.3 is 4.74 Å². The summed E-state index contributed by atoms with van der Waals surface area (Å²) in [5, 5.41) is 4.34. The van der Waals surface area contributed by atoms with E-state index in [1.807, 2.05) is 47.8 Å². The lowest BCUT2D eigenvalue weighted by molar-refractivity contribution is 0.415. The Bertz CT molecular complexity index is 1150. The smallest absolute Gasteiger partial charge is 0.261 e. The van der Waals surface area contributed by atoms with E-state index in [2.05, 4.69) is 4.98 Å². The highest BCUT2D eigenvalue weighted by atomic mass is 32.2. The molecule has 2 aromatic carbocycles. The second-order valence-electron chi connectivity index (χ2n) is 5.94. The lowest BCUT2D eigenvalue weighted by atomic mass is 10.2. The fourth-order valence-electron chi connectivity index (χ4n) is 2.70. The average Bonchev–Trinajstić information content (AvgIpc) is 3.19. The van der Waals surface area contributed by atoms with Gasteiger partial charge in [-0.15, -0.1) is 11.3 Å². The van der Waals surface area contributed by atoms with Gasteiger partial charge >= 0.3 is 0 Å². The third kappa shape index (κ3) is 3.61. The minimum Gasteiger partial charge on any atom is -0.497 e. The minimum atomic E-state index is -0.0275. The van der Waals surface area contributed by atoms with E-state index in [1.54, 1.807) is 36.1 Å². The number of ether oxygens (including phenoxy) is 1. The van der Waals surface area contributed by atoms with Crippen molar-refractivity contribution < 1.29 is 4.74 Å². The van der Waals surface area contributed by atoms with Crippen molar-refractivity contribution in [3.05, 3.63) is 70.0 Å². The molecule has 0 fully saturated rings. The second kappa shape index (κ2) is 7.54. The van der Waals surface area contributed by atoms with Gasteiger partial charge in [0.1, 0.15) is 10.8 Å². The Kier molecular flexibility index (Phi) is 4.96. The first-order valence-electron chi connectivity index (χ1n) is 8.33. The van der Waals surface area contributed by atoms with Gasteiger partial charge in [0.15, 0.2) is 5.16 Å². The van der Waals surface area contributed by atoms with Crippen molar-refractivity contribution in [1.29, 1.82) is 0 Å². The molecule has 0 aliphatic rings. The minimum absolute atomic E-state index is 0.0275. The van der Waals surface area contributed by atoms with E-state index < -0.39 is 0 Å². The quantitative estimate of drug-likeness (QED) is 0.371. The number of rotatable bonds is 5. The van der Waals surface area contributed by atoms with Crippen LogP contribution < -0.4 is 10.3 Å². The summed E-state index contributed by atoms with van der Waals surface area (Å²) in [5.41, 5.74) is 2.73. The van der Waals surface area contributed by atoms with Crippen molar-refractivity contribution in [2.45, 2.75) is 10.9 Å². The largest absolute Gasteiger partial charge is 0.497 e. The van der Waals surface area contributed by atoms with Crippen molar-refractivity contribution in [2.75, 3.05) is 7.11 Å². The van der Waals surface area contributed by atoms with E-state index >= 15 is 0 Å². The van der Waals surface area contributed by atoms with Crippen LogP contribution >= 0.6 is 23.1 Å². The maximum absolute atomic E-state index is 12.5. The number of fused-ring (bicyclic) bond motifs is 1. The van der Waals surface area contributed by atoms with Gasteiger partial charge in [0.05, 0.1) is 23.7 Å². The van der Waals surface area contributed by atoms with Crippen molar-refractivity contribution in [1.82, 2.24) is 14.5 Å². The summed E-state index contributed by atoms with van der Waals surface area (Å²) in [6.07, 6.45) is 0. The molecule has 4 rings (SSSR count). The molecule has 136 valence electrons. The Hall–Kier alpha value is -2.64. The SMILES string of the molecule is COc1ccc(-c2nc(CSc3nc4ccccc4c(=O)n3C)cs2)cc1. The summed E-state index contributed by atoms with van der Waals surface area (Å²) in [7, 11) is 3.41. The zero-order valence-corrected chi connectivity index (χ0v) is 16.5. The molecule has 2 aromatic heterocycles. The van der Waals surface area contributed by atoms with Crippen molar-refractivity contribution >= 4 is 34.0 Å². The van der Waals surface area contributed by atoms with E-state index in [-0.39, 0.29) is 5.56 Å². The Morgan fingerprint density at radius 3 is 2.67 bits per heavy atom. The topological polar surface area (TPSA) is 57.0 Å². The molecule has 0 atom stereocenters. The Morgan fingerprint density at radius 2 is 1.89 bits per heavy atom. The van der Waals surface area contributed by atoms with E-state index in [0.29, 0.717) is 16.3 Å². The standard InChI is InChI=1S/C20H17N3O2S2/c1-23-19(24)16-5-3-4-6-17(16)22-20(23)27-12-14-11-26-18(21-14)13-7-9-15(25-2)10-8-13/h3-11H,12H2,1-2H3. The van der Waals surface area contributed by atoms with Crippen LogP contribution in [-0.2, 0) is 12.8 Å². The van der Waals surface area contributed by atoms with Gasteiger partial charge in [0.2, 0.25) is 0 Å². The summed E-state index contributed by atoms with van der Waals surface area (Å²) >= 11 is 3.13. The fraction of sp³-hybridized carbons (Fsp3) is 0.150. The van der Waals surface area contributed by atoms with E-state index in [4.69, 9.17) is 9.72 Å². The molecule has 0 amide bonds. The molecular formula is C20H17N3O2S2. The number of para-hydroxylation sites is 1.